The summed E-state index contributed by atoms with van der Waals surface area (Å²) in [6.07, 6.45) is 1.84. The second-order valence-electron chi connectivity index (χ2n) is 7.94. The summed E-state index contributed by atoms with van der Waals surface area (Å²) in [6.45, 7) is 7.61. The molecule has 27 heavy (non-hydrogen) atoms. The lowest BCUT2D eigenvalue weighted by Gasteiger charge is -2.23. The molecule has 144 valence electrons. The van der Waals surface area contributed by atoms with Crippen LogP contribution in [0.15, 0.2) is 42.6 Å². The molecule has 2 heterocycles. The molecule has 0 radical (unpaired) electrons. The fourth-order valence-corrected chi connectivity index (χ4v) is 3.85. The van der Waals surface area contributed by atoms with Crippen molar-refractivity contribution in [3.63, 3.8) is 0 Å². The maximum atomic E-state index is 12.9. The van der Waals surface area contributed by atoms with Crippen LogP contribution in [-0.2, 0) is 6.54 Å². The second-order valence-corrected chi connectivity index (χ2v) is 7.94. The molecule has 0 saturated carbocycles. The van der Waals surface area contributed by atoms with Crippen LogP contribution >= 0.6 is 0 Å². The van der Waals surface area contributed by atoms with E-state index in [-0.39, 0.29) is 11.9 Å². The highest BCUT2D eigenvalue weighted by molar-refractivity contribution is 5.96. The first-order valence-electron chi connectivity index (χ1n) is 9.57. The van der Waals surface area contributed by atoms with E-state index in [1.54, 1.807) is 0 Å². The Morgan fingerprint density at radius 2 is 2.04 bits per heavy atom. The van der Waals surface area contributed by atoms with E-state index in [4.69, 9.17) is 0 Å². The summed E-state index contributed by atoms with van der Waals surface area (Å²) in [5.74, 6) is 0.433. The number of benzene rings is 1. The number of nitrogens with zero attached hydrogens (tertiary/aromatic N) is 3. The first-order valence-corrected chi connectivity index (χ1v) is 9.57. The van der Waals surface area contributed by atoms with Crippen LogP contribution in [0.1, 0.15) is 27.2 Å². The lowest BCUT2D eigenvalue weighted by Crippen LogP contribution is -2.43. The van der Waals surface area contributed by atoms with Crippen molar-refractivity contribution in [3.8, 4) is 0 Å². The molecule has 2 aromatic rings. The highest BCUT2D eigenvalue weighted by Crippen LogP contribution is 2.21. The Labute approximate surface area is 162 Å². The number of rotatable bonds is 6. The molecule has 1 aromatic heterocycles. The van der Waals surface area contributed by atoms with E-state index in [9.17, 15) is 4.79 Å². The molecule has 1 aromatic carbocycles. The van der Waals surface area contributed by atoms with Gasteiger partial charge in [0.05, 0.1) is 5.69 Å². The lowest BCUT2D eigenvalue weighted by molar-refractivity contribution is 0.0926. The highest BCUT2D eigenvalue weighted by Gasteiger charge is 2.34. The molecule has 3 rings (SSSR count). The van der Waals surface area contributed by atoms with Crippen LogP contribution in [0.3, 0.4) is 0 Å². The molecule has 5 nitrogen and oxygen atoms in total. The predicted molar refractivity (Wildman–Crippen MR) is 109 cm³/mol. The number of carbonyl (C=O) groups excluding carboxylic acids is 1. The molecule has 0 spiro atoms. The minimum absolute atomic E-state index is 0.0321. The van der Waals surface area contributed by atoms with Crippen LogP contribution in [0.25, 0.3) is 0 Å². The number of aromatic nitrogens is 1. The minimum Gasteiger partial charge on any atom is -0.348 e. The van der Waals surface area contributed by atoms with Crippen molar-refractivity contribution >= 4 is 5.91 Å². The Kier molecular flexibility index (Phi) is 6.24. The van der Waals surface area contributed by atoms with Gasteiger partial charge in [0.25, 0.3) is 5.91 Å². The molecular formula is C22H30N4O. The van der Waals surface area contributed by atoms with Gasteiger partial charge in [-0.25, -0.2) is 0 Å². The predicted octanol–water partition coefficient (Wildman–Crippen LogP) is 2.49. The third-order valence-electron chi connectivity index (χ3n) is 5.18. The maximum Gasteiger partial charge on any atom is 0.251 e. The van der Waals surface area contributed by atoms with Gasteiger partial charge in [-0.1, -0.05) is 23.8 Å². The first kappa shape index (κ1) is 19.5. The van der Waals surface area contributed by atoms with Gasteiger partial charge in [-0.05, 0) is 51.7 Å². The standard InChI is InChI=1S/C22H30N4O/c1-16-8-9-17(2)20(11-16)22(27)24-21-15-26(13-18(21)12-25(3)4)14-19-7-5-6-10-23-19/h5-11,18,21H,12-15H2,1-4H3,(H,24,27)/t18-,21-/m1/s1. The molecule has 1 fully saturated rings. The van der Waals surface area contributed by atoms with Gasteiger partial charge < -0.3 is 10.2 Å². The second kappa shape index (κ2) is 8.63. The number of hydrogen-bond acceptors (Lipinski definition) is 4. The van der Waals surface area contributed by atoms with Crippen molar-refractivity contribution in [2.45, 2.75) is 26.4 Å². The average Bonchev–Trinajstić information content (AvgIpc) is 2.98. The number of hydrogen-bond donors (Lipinski definition) is 1. The van der Waals surface area contributed by atoms with Crippen molar-refractivity contribution in [3.05, 3.63) is 65.0 Å². The van der Waals surface area contributed by atoms with Crippen LogP contribution in [0.2, 0.25) is 0 Å². The molecule has 1 saturated heterocycles. The highest BCUT2D eigenvalue weighted by atomic mass is 16.1. The quantitative estimate of drug-likeness (QED) is 0.853. The van der Waals surface area contributed by atoms with Crippen LogP contribution in [0.4, 0.5) is 0 Å². The fraction of sp³-hybridized carbons (Fsp3) is 0.455. The molecule has 1 amide bonds. The Morgan fingerprint density at radius 3 is 2.74 bits per heavy atom. The van der Waals surface area contributed by atoms with E-state index < -0.39 is 0 Å². The topological polar surface area (TPSA) is 48.5 Å². The van der Waals surface area contributed by atoms with Gasteiger partial charge in [-0.15, -0.1) is 0 Å². The van der Waals surface area contributed by atoms with E-state index in [1.807, 2.05) is 50.4 Å². The molecule has 0 unspecified atom stereocenters. The maximum absolute atomic E-state index is 12.9. The summed E-state index contributed by atoms with van der Waals surface area (Å²) >= 11 is 0. The van der Waals surface area contributed by atoms with Gasteiger partial charge in [0.15, 0.2) is 0 Å². The average molecular weight is 367 g/mol. The third kappa shape index (κ3) is 5.15. The molecule has 5 heteroatoms. The van der Waals surface area contributed by atoms with Crippen molar-refractivity contribution in [2.24, 2.45) is 5.92 Å². The molecule has 0 bridgehead atoms. The number of amides is 1. The summed E-state index contributed by atoms with van der Waals surface area (Å²) < 4.78 is 0. The van der Waals surface area contributed by atoms with Crippen molar-refractivity contribution < 1.29 is 4.79 Å². The molecule has 1 aliphatic rings. The molecule has 1 N–H and O–H groups in total. The van der Waals surface area contributed by atoms with E-state index in [0.29, 0.717) is 5.92 Å². The van der Waals surface area contributed by atoms with E-state index in [0.717, 1.165) is 48.6 Å². The van der Waals surface area contributed by atoms with Gasteiger partial charge in [0.1, 0.15) is 0 Å². The van der Waals surface area contributed by atoms with Crippen LogP contribution < -0.4 is 5.32 Å². The Morgan fingerprint density at radius 1 is 1.22 bits per heavy atom. The Hall–Kier alpha value is -2.24. The monoisotopic (exact) mass is 366 g/mol. The summed E-state index contributed by atoms with van der Waals surface area (Å²) in [7, 11) is 4.18. The molecule has 2 atom stereocenters. The number of carbonyl (C=O) groups is 1. The van der Waals surface area contributed by atoms with E-state index in [2.05, 4.69) is 40.3 Å². The largest absolute Gasteiger partial charge is 0.348 e. The normalized spacial score (nSPS) is 20.2. The van der Waals surface area contributed by atoms with Crippen LogP contribution in [-0.4, -0.2) is 60.5 Å². The summed E-state index contributed by atoms with van der Waals surface area (Å²) in [5.41, 5.74) is 3.98. The number of pyridine rings is 1. The third-order valence-corrected chi connectivity index (χ3v) is 5.18. The fourth-order valence-electron chi connectivity index (χ4n) is 3.85. The van der Waals surface area contributed by atoms with Crippen molar-refractivity contribution in [1.29, 1.82) is 0 Å². The summed E-state index contributed by atoms with van der Waals surface area (Å²) in [4.78, 5) is 22.0. The van der Waals surface area contributed by atoms with Gasteiger partial charge in [0.2, 0.25) is 0 Å². The van der Waals surface area contributed by atoms with Crippen LogP contribution in [0.5, 0.6) is 0 Å². The number of likely N-dealkylation sites (tertiary alicyclic amines) is 1. The van der Waals surface area contributed by atoms with Gasteiger partial charge in [-0.2, -0.15) is 0 Å². The van der Waals surface area contributed by atoms with E-state index in [1.165, 1.54) is 0 Å². The lowest BCUT2D eigenvalue weighted by atomic mass is 10.0. The van der Waals surface area contributed by atoms with Crippen LogP contribution in [0, 0.1) is 19.8 Å². The molecule has 0 aliphatic carbocycles. The Balaban J connectivity index is 1.71. The zero-order chi connectivity index (χ0) is 19.4. The zero-order valence-corrected chi connectivity index (χ0v) is 16.8. The summed E-state index contributed by atoms with van der Waals surface area (Å²) in [6, 6.07) is 12.2. The number of aryl methyl sites for hydroxylation is 2. The van der Waals surface area contributed by atoms with E-state index >= 15 is 0 Å². The van der Waals surface area contributed by atoms with Crippen molar-refractivity contribution in [2.75, 3.05) is 33.7 Å². The first-order chi connectivity index (χ1) is 12.9. The number of nitrogens with one attached hydrogen (secondary N) is 1. The molecular weight excluding hydrogens is 336 g/mol. The smallest absolute Gasteiger partial charge is 0.251 e. The van der Waals surface area contributed by atoms with Gasteiger partial charge in [0, 0.05) is 49.9 Å². The van der Waals surface area contributed by atoms with Gasteiger partial charge in [-0.3, -0.25) is 14.7 Å². The molecule has 1 aliphatic heterocycles. The van der Waals surface area contributed by atoms with Crippen molar-refractivity contribution in [1.82, 2.24) is 20.1 Å². The minimum atomic E-state index is 0.0321. The Bertz CT molecular complexity index is 775. The van der Waals surface area contributed by atoms with Gasteiger partial charge >= 0.3 is 0 Å². The zero-order valence-electron chi connectivity index (χ0n) is 16.8. The SMILES string of the molecule is Cc1ccc(C)c(C(=O)N[C@@H]2CN(Cc3ccccn3)C[C@H]2CN(C)C)c1. The summed E-state index contributed by atoms with van der Waals surface area (Å²) in [5, 5.41) is 3.31.